The summed E-state index contributed by atoms with van der Waals surface area (Å²) in [6.07, 6.45) is -3.19. The maximum atomic E-state index is 13.5. The fraction of sp³-hybridized carbons (Fsp3) is 0.308. The van der Waals surface area contributed by atoms with Crippen molar-refractivity contribution < 1.29 is 22.4 Å². The van der Waals surface area contributed by atoms with Gasteiger partial charge in [-0.25, -0.2) is 4.39 Å². The van der Waals surface area contributed by atoms with E-state index in [0.29, 0.717) is 18.2 Å². The van der Waals surface area contributed by atoms with Crippen molar-refractivity contribution in [2.75, 3.05) is 13.1 Å². The molecule has 1 amide bonds. The van der Waals surface area contributed by atoms with Crippen molar-refractivity contribution in [3.63, 3.8) is 0 Å². The molecule has 0 aliphatic rings. The number of hydrogen-bond acceptors (Lipinski definition) is 1. The summed E-state index contributed by atoms with van der Waals surface area (Å²) in [5, 5.41) is 0. The first kappa shape index (κ1) is 15.2. The molecule has 1 rings (SSSR count). The van der Waals surface area contributed by atoms with Crippen molar-refractivity contribution >= 4 is 5.91 Å². The van der Waals surface area contributed by atoms with E-state index in [4.69, 9.17) is 0 Å². The van der Waals surface area contributed by atoms with E-state index in [2.05, 4.69) is 6.58 Å². The number of benzene rings is 1. The molecule has 0 spiro atoms. The maximum absolute atomic E-state index is 13.5. The highest BCUT2D eigenvalue weighted by Gasteiger charge is 2.32. The summed E-state index contributed by atoms with van der Waals surface area (Å²) in [4.78, 5) is 13.1. The Kier molecular flexibility index (Phi) is 4.69. The van der Waals surface area contributed by atoms with Crippen LogP contribution in [0.15, 0.2) is 30.9 Å². The molecule has 0 aromatic heterocycles. The van der Waals surface area contributed by atoms with Crippen LogP contribution in [0, 0.1) is 5.82 Å². The second kappa shape index (κ2) is 5.86. The summed E-state index contributed by atoms with van der Waals surface area (Å²) in [5.41, 5.74) is -1.63. The molecule has 0 fully saturated rings. The lowest BCUT2D eigenvalue weighted by Gasteiger charge is -2.20. The van der Waals surface area contributed by atoms with Gasteiger partial charge in [0.1, 0.15) is 5.82 Å². The molecule has 19 heavy (non-hydrogen) atoms. The van der Waals surface area contributed by atoms with Gasteiger partial charge in [-0.2, -0.15) is 13.2 Å². The monoisotopic (exact) mass is 275 g/mol. The lowest BCUT2D eigenvalue weighted by molar-refractivity contribution is -0.137. The molecule has 6 heteroatoms. The van der Waals surface area contributed by atoms with Crippen molar-refractivity contribution in [3.8, 4) is 0 Å². The zero-order chi connectivity index (χ0) is 14.6. The van der Waals surface area contributed by atoms with Crippen LogP contribution in [-0.4, -0.2) is 23.9 Å². The molecule has 0 saturated carbocycles. The summed E-state index contributed by atoms with van der Waals surface area (Å²) in [5.74, 6) is -1.76. The molecule has 0 bridgehead atoms. The standard InChI is InChI=1S/C13H13F4NO/c1-3-7-18(4-2)12(19)10-8-9(13(15,16)17)5-6-11(10)14/h3,5-6,8H,1,4,7H2,2H3. The van der Waals surface area contributed by atoms with E-state index in [-0.39, 0.29) is 13.1 Å². The fourth-order valence-corrected chi connectivity index (χ4v) is 1.55. The minimum atomic E-state index is -4.61. The predicted molar refractivity (Wildman–Crippen MR) is 63.2 cm³/mol. The topological polar surface area (TPSA) is 20.3 Å². The number of halogens is 4. The summed E-state index contributed by atoms with van der Waals surface area (Å²) in [6, 6.07) is 1.79. The number of carbonyl (C=O) groups is 1. The Hall–Kier alpha value is -1.85. The van der Waals surface area contributed by atoms with E-state index in [1.165, 1.54) is 11.0 Å². The van der Waals surface area contributed by atoms with Gasteiger partial charge in [0.2, 0.25) is 0 Å². The zero-order valence-electron chi connectivity index (χ0n) is 10.3. The van der Waals surface area contributed by atoms with Gasteiger partial charge in [0.25, 0.3) is 5.91 Å². The molecule has 0 atom stereocenters. The van der Waals surface area contributed by atoms with E-state index in [1.54, 1.807) is 6.92 Å². The first-order chi connectivity index (χ1) is 8.81. The Bertz CT molecular complexity index is 482. The Morgan fingerprint density at radius 1 is 1.42 bits per heavy atom. The molecule has 1 aromatic rings. The second-order valence-electron chi connectivity index (χ2n) is 3.82. The number of rotatable bonds is 4. The summed E-state index contributed by atoms with van der Waals surface area (Å²) < 4.78 is 51.1. The lowest BCUT2D eigenvalue weighted by atomic mass is 10.1. The molecule has 104 valence electrons. The highest BCUT2D eigenvalue weighted by atomic mass is 19.4. The van der Waals surface area contributed by atoms with Gasteiger partial charge >= 0.3 is 6.18 Å². The molecule has 0 unspecified atom stereocenters. The third kappa shape index (κ3) is 3.56. The van der Waals surface area contributed by atoms with E-state index in [9.17, 15) is 22.4 Å². The first-order valence-corrected chi connectivity index (χ1v) is 5.58. The Morgan fingerprint density at radius 3 is 2.53 bits per heavy atom. The smallest absolute Gasteiger partial charge is 0.335 e. The first-order valence-electron chi connectivity index (χ1n) is 5.58. The van der Waals surface area contributed by atoms with Gasteiger partial charge in [-0.15, -0.1) is 6.58 Å². The van der Waals surface area contributed by atoms with Gasteiger partial charge in [0.05, 0.1) is 11.1 Å². The Morgan fingerprint density at radius 2 is 2.05 bits per heavy atom. The van der Waals surface area contributed by atoms with Crippen LogP contribution in [0.4, 0.5) is 17.6 Å². The molecule has 0 heterocycles. The van der Waals surface area contributed by atoms with Crippen LogP contribution in [0.2, 0.25) is 0 Å². The average molecular weight is 275 g/mol. The van der Waals surface area contributed by atoms with E-state index >= 15 is 0 Å². The normalized spacial score (nSPS) is 11.2. The van der Waals surface area contributed by atoms with Crippen LogP contribution >= 0.6 is 0 Å². The number of likely N-dealkylation sites (N-methyl/N-ethyl adjacent to an activating group) is 1. The van der Waals surface area contributed by atoms with E-state index in [1.807, 2.05) is 0 Å². The molecule has 0 N–H and O–H groups in total. The second-order valence-corrected chi connectivity index (χ2v) is 3.82. The van der Waals surface area contributed by atoms with Crippen molar-refractivity contribution in [2.24, 2.45) is 0 Å². The minimum absolute atomic E-state index is 0.144. The minimum Gasteiger partial charge on any atom is -0.335 e. The SMILES string of the molecule is C=CCN(CC)C(=O)c1cc(C(F)(F)F)ccc1F. The number of nitrogens with zero attached hydrogens (tertiary/aromatic N) is 1. The predicted octanol–water partition coefficient (Wildman–Crippen LogP) is 3.49. The summed E-state index contributed by atoms with van der Waals surface area (Å²) in [7, 11) is 0. The molecule has 0 aliphatic carbocycles. The number of hydrogen-bond donors (Lipinski definition) is 0. The average Bonchev–Trinajstić information content (AvgIpc) is 2.34. The van der Waals surface area contributed by atoms with Crippen molar-refractivity contribution in [1.82, 2.24) is 4.90 Å². The molecule has 0 radical (unpaired) electrons. The molecule has 2 nitrogen and oxygen atoms in total. The molecule has 1 aromatic carbocycles. The van der Waals surface area contributed by atoms with Crippen molar-refractivity contribution in [3.05, 3.63) is 47.8 Å². The van der Waals surface area contributed by atoms with E-state index in [0.717, 1.165) is 0 Å². The molecule has 0 saturated heterocycles. The van der Waals surface area contributed by atoms with Crippen molar-refractivity contribution in [2.45, 2.75) is 13.1 Å². The summed E-state index contributed by atoms with van der Waals surface area (Å²) in [6.45, 7) is 5.48. The quantitative estimate of drug-likeness (QED) is 0.608. The fourth-order valence-electron chi connectivity index (χ4n) is 1.55. The Labute approximate surface area is 108 Å². The van der Waals surface area contributed by atoms with Crippen LogP contribution in [0.3, 0.4) is 0 Å². The molecule has 0 aliphatic heterocycles. The van der Waals surface area contributed by atoms with Gasteiger partial charge in [0, 0.05) is 13.1 Å². The Balaban J connectivity index is 3.18. The number of alkyl halides is 3. The van der Waals surface area contributed by atoms with Gasteiger partial charge in [-0.05, 0) is 25.1 Å². The molecular formula is C13H13F4NO. The highest BCUT2D eigenvalue weighted by molar-refractivity contribution is 5.94. The van der Waals surface area contributed by atoms with Crippen LogP contribution in [0.1, 0.15) is 22.8 Å². The van der Waals surface area contributed by atoms with Gasteiger partial charge < -0.3 is 4.90 Å². The van der Waals surface area contributed by atoms with Crippen LogP contribution in [0.5, 0.6) is 0 Å². The summed E-state index contributed by atoms with van der Waals surface area (Å²) >= 11 is 0. The van der Waals surface area contributed by atoms with Crippen LogP contribution in [0.25, 0.3) is 0 Å². The number of amides is 1. The third-order valence-electron chi connectivity index (χ3n) is 2.54. The highest BCUT2D eigenvalue weighted by Crippen LogP contribution is 2.30. The zero-order valence-corrected chi connectivity index (χ0v) is 10.3. The van der Waals surface area contributed by atoms with Gasteiger partial charge in [-0.3, -0.25) is 4.79 Å². The van der Waals surface area contributed by atoms with Gasteiger partial charge in [0.15, 0.2) is 0 Å². The van der Waals surface area contributed by atoms with Crippen LogP contribution in [-0.2, 0) is 6.18 Å². The third-order valence-corrected chi connectivity index (χ3v) is 2.54. The van der Waals surface area contributed by atoms with Gasteiger partial charge in [-0.1, -0.05) is 6.08 Å². The maximum Gasteiger partial charge on any atom is 0.416 e. The largest absolute Gasteiger partial charge is 0.416 e. The van der Waals surface area contributed by atoms with E-state index < -0.39 is 29.0 Å². The van der Waals surface area contributed by atoms with Crippen molar-refractivity contribution in [1.29, 1.82) is 0 Å². The molecular weight excluding hydrogens is 262 g/mol. The lowest BCUT2D eigenvalue weighted by Crippen LogP contribution is -2.31. The van der Waals surface area contributed by atoms with Crippen LogP contribution < -0.4 is 0 Å². The number of carbonyl (C=O) groups excluding carboxylic acids is 1.